The molecule has 0 aromatic carbocycles. The van der Waals surface area contributed by atoms with E-state index in [0.717, 1.165) is 13.2 Å². The molecule has 0 aliphatic heterocycles. The van der Waals surface area contributed by atoms with Crippen LogP contribution in [0.3, 0.4) is 0 Å². The van der Waals surface area contributed by atoms with E-state index >= 15 is 0 Å². The van der Waals surface area contributed by atoms with Gasteiger partial charge in [-0.3, -0.25) is 0 Å². The minimum absolute atomic E-state index is 0. The van der Waals surface area contributed by atoms with Crippen molar-refractivity contribution in [3.05, 3.63) is 0 Å². The van der Waals surface area contributed by atoms with Crippen LogP contribution in [-0.2, 0) is 29.5 Å². The minimum atomic E-state index is -0.999. The Morgan fingerprint density at radius 1 is 1.00 bits per heavy atom. The van der Waals surface area contributed by atoms with Gasteiger partial charge in [0.15, 0.2) is 0 Å². The van der Waals surface area contributed by atoms with Gasteiger partial charge in [0.1, 0.15) is 0 Å². The van der Waals surface area contributed by atoms with E-state index in [1.54, 1.807) is 0 Å². The van der Waals surface area contributed by atoms with Gasteiger partial charge in [0.2, 0.25) is 0 Å². The summed E-state index contributed by atoms with van der Waals surface area (Å²) in [6.45, 7) is 5.63. The standard InChI is InChI=1S/2C2H5O.2BrH.Hf/c2*1-2-3;;;/h2*2H2,1H3;2*1H;/q2*-1;;;+2. The van der Waals surface area contributed by atoms with Crippen molar-refractivity contribution in [2.45, 2.75) is 13.8 Å². The van der Waals surface area contributed by atoms with Gasteiger partial charge in [0.05, 0.1) is 0 Å². The molecule has 0 radical (unpaired) electrons. The quantitative estimate of drug-likeness (QED) is 0.503. The van der Waals surface area contributed by atoms with Crippen molar-refractivity contribution in [2.24, 2.45) is 0 Å². The summed E-state index contributed by atoms with van der Waals surface area (Å²) in [6, 6.07) is 0. The molecule has 0 rings (SSSR count). The Morgan fingerprint density at radius 3 is 1.56 bits per heavy atom. The van der Waals surface area contributed by atoms with Gasteiger partial charge in [0, 0.05) is 0 Å². The molecule has 58 valence electrons. The Hall–Kier alpha value is 1.75. The molecule has 0 spiro atoms. The molecule has 0 unspecified atom stereocenters. The molecule has 0 aromatic rings. The fourth-order valence-corrected chi connectivity index (χ4v) is 1.31. The average molecular weight is 430 g/mol. The summed E-state index contributed by atoms with van der Waals surface area (Å²) in [7, 11) is 0. The molecule has 0 amide bonds. The van der Waals surface area contributed by atoms with Crippen molar-refractivity contribution in [3.63, 3.8) is 0 Å². The normalized spacial score (nSPS) is 6.89. The molecular weight excluding hydrogens is 418 g/mol. The molecule has 0 atom stereocenters. The van der Waals surface area contributed by atoms with Crippen LogP contribution in [0.4, 0.5) is 0 Å². The monoisotopic (exact) mass is 430 g/mol. The third-order valence-electron chi connectivity index (χ3n) is 0.407. The summed E-state index contributed by atoms with van der Waals surface area (Å²) in [6.07, 6.45) is 0. The van der Waals surface area contributed by atoms with Crippen LogP contribution in [0.25, 0.3) is 0 Å². The van der Waals surface area contributed by atoms with E-state index in [9.17, 15) is 0 Å². The molecule has 0 fully saturated rings. The van der Waals surface area contributed by atoms with E-state index < -0.39 is 23.8 Å². The van der Waals surface area contributed by atoms with Crippen molar-refractivity contribution in [2.75, 3.05) is 13.2 Å². The second-order valence-corrected chi connectivity index (χ2v) is 3.62. The second kappa shape index (κ2) is 16.4. The Bertz CT molecular complexity index is 35.7. The number of hydrogen-bond acceptors (Lipinski definition) is 2. The van der Waals surface area contributed by atoms with E-state index in [-0.39, 0.29) is 34.0 Å². The number of hydrogen-bond donors (Lipinski definition) is 0. The molecule has 0 saturated carbocycles. The first kappa shape index (κ1) is 17.0. The van der Waals surface area contributed by atoms with E-state index in [4.69, 9.17) is 5.71 Å². The molecule has 0 bridgehead atoms. The van der Waals surface area contributed by atoms with Gasteiger partial charge in [-0.25, -0.2) is 0 Å². The molecule has 0 aromatic heterocycles. The van der Waals surface area contributed by atoms with Crippen LogP contribution in [-0.4, -0.2) is 13.2 Å². The van der Waals surface area contributed by atoms with Gasteiger partial charge >= 0.3 is 56.5 Å². The van der Waals surface area contributed by atoms with Crippen LogP contribution < -0.4 is 0 Å². The van der Waals surface area contributed by atoms with E-state index in [2.05, 4.69) is 0 Å². The fraction of sp³-hybridized carbons (Fsp3) is 1.00. The topological polar surface area (TPSA) is 18.5 Å². The van der Waals surface area contributed by atoms with E-state index in [1.807, 2.05) is 13.8 Å². The van der Waals surface area contributed by atoms with Gasteiger partial charge in [-0.2, -0.15) is 0 Å². The van der Waals surface area contributed by atoms with Crippen molar-refractivity contribution < 1.29 is 29.5 Å². The maximum atomic E-state index is 5.05. The first-order chi connectivity index (χ1) is 3.41. The molecule has 9 heavy (non-hydrogen) atoms. The van der Waals surface area contributed by atoms with Crippen molar-refractivity contribution in [1.29, 1.82) is 0 Å². The Morgan fingerprint density at radius 2 is 1.33 bits per heavy atom. The Balaban J connectivity index is -0.000000180. The first-order valence-electron chi connectivity index (χ1n) is 2.40. The summed E-state index contributed by atoms with van der Waals surface area (Å²) in [5, 5.41) is 0. The molecule has 2 nitrogen and oxygen atoms in total. The first-order valence-corrected chi connectivity index (χ1v) is 5.33. The van der Waals surface area contributed by atoms with Gasteiger partial charge < -0.3 is 0 Å². The molecule has 0 aliphatic rings. The Labute approximate surface area is 89.8 Å². The van der Waals surface area contributed by atoms with Crippen LogP contribution in [0.2, 0.25) is 0 Å². The summed E-state index contributed by atoms with van der Waals surface area (Å²) in [5.74, 6) is 0. The van der Waals surface area contributed by atoms with Crippen LogP contribution in [0.5, 0.6) is 0 Å². The van der Waals surface area contributed by atoms with Gasteiger partial charge in [0.25, 0.3) is 0 Å². The molecule has 5 heteroatoms. The molecule has 0 heterocycles. The Kier molecular flexibility index (Phi) is 31.0. The molecular formula is C4H12Br2HfO2. The van der Waals surface area contributed by atoms with Gasteiger partial charge in [-0.05, 0) is 0 Å². The fourth-order valence-electron chi connectivity index (χ4n) is 0.160. The van der Waals surface area contributed by atoms with Crippen molar-refractivity contribution in [3.8, 4) is 0 Å². The van der Waals surface area contributed by atoms with Crippen molar-refractivity contribution >= 4 is 34.0 Å². The van der Waals surface area contributed by atoms with Gasteiger partial charge in [-0.1, -0.05) is 0 Å². The van der Waals surface area contributed by atoms with E-state index in [0.29, 0.717) is 0 Å². The zero-order valence-corrected chi connectivity index (χ0v) is 12.6. The predicted molar refractivity (Wildman–Crippen MR) is 43.9 cm³/mol. The molecule has 0 aliphatic carbocycles. The zero-order chi connectivity index (χ0) is 5.54. The van der Waals surface area contributed by atoms with Crippen molar-refractivity contribution in [1.82, 2.24) is 0 Å². The third-order valence-corrected chi connectivity index (χ3v) is 3.33. The summed E-state index contributed by atoms with van der Waals surface area (Å²) < 4.78 is 10.1. The van der Waals surface area contributed by atoms with Crippen LogP contribution in [0.15, 0.2) is 0 Å². The van der Waals surface area contributed by atoms with Crippen LogP contribution >= 0.6 is 34.0 Å². The maximum absolute atomic E-state index is 5.05. The zero-order valence-electron chi connectivity index (χ0n) is 5.55. The third kappa shape index (κ3) is 17.7. The molecule has 0 saturated heterocycles. The molecule has 0 N–H and O–H groups in total. The number of halogens is 2. The second-order valence-electron chi connectivity index (χ2n) is 0.949. The number of rotatable bonds is 4. The predicted octanol–water partition coefficient (Wildman–Crippen LogP) is 2.13. The van der Waals surface area contributed by atoms with Crippen LogP contribution in [0.1, 0.15) is 13.8 Å². The summed E-state index contributed by atoms with van der Waals surface area (Å²) in [5.41, 5.74) is 0. The summed E-state index contributed by atoms with van der Waals surface area (Å²) >= 11 is -0.999. The average Bonchev–Trinajstić information content (AvgIpc) is 1.69. The van der Waals surface area contributed by atoms with Crippen LogP contribution in [0, 0.1) is 0 Å². The summed E-state index contributed by atoms with van der Waals surface area (Å²) in [4.78, 5) is 0. The van der Waals surface area contributed by atoms with Gasteiger partial charge in [-0.15, -0.1) is 34.0 Å². The van der Waals surface area contributed by atoms with E-state index in [1.165, 1.54) is 0 Å². The SMILES string of the molecule is Br.Br.CC[O][Hf][O]CC.